The van der Waals surface area contributed by atoms with Crippen LogP contribution in [0.4, 0.5) is 0 Å². The second-order valence-corrected chi connectivity index (χ2v) is 8.01. The maximum absolute atomic E-state index is 5.84. The summed E-state index contributed by atoms with van der Waals surface area (Å²) in [5.74, 6) is 4.40. The van der Waals surface area contributed by atoms with Crippen molar-refractivity contribution in [2.45, 2.75) is 71.3 Å². The molecule has 3 atom stereocenters. The molecule has 0 spiro atoms. The highest BCUT2D eigenvalue weighted by Crippen LogP contribution is 2.49. The van der Waals surface area contributed by atoms with Crippen LogP contribution in [0.15, 0.2) is 4.42 Å². The molecule has 0 radical (unpaired) electrons. The standard InChI is InChI=1S/C17H29N3O/c1-17(2,3)18-8-4-5-15-19-20-16(21-15)11-14-10-12-6-7-13(14)9-12/h12-14,18H,4-11H2,1-3H3. The van der Waals surface area contributed by atoms with Gasteiger partial charge in [0.15, 0.2) is 0 Å². The quantitative estimate of drug-likeness (QED) is 0.816. The van der Waals surface area contributed by atoms with Crippen molar-refractivity contribution in [2.24, 2.45) is 17.8 Å². The molecule has 3 unspecified atom stereocenters. The molecule has 21 heavy (non-hydrogen) atoms. The van der Waals surface area contributed by atoms with Gasteiger partial charge < -0.3 is 9.73 Å². The Morgan fingerprint density at radius 1 is 1.14 bits per heavy atom. The van der Waals surface area contributed by atoms with Crippen LogP contribution < -0.4 is 5.32 Å². The number of hydrogen-bond donors (Lipinski definition) is 1. The minimum atomic E-state index is 0.182. The summed E-state index contributed by atoms with van der Waals surface area (Å²) < 4.78 is 5.84. The van der Waals surface area contributed by atoms with Crippen LogP contribution in [0.2, 0.25) is 0 Å². The third-order valence-electron chi connectivity index (χ3n) is 5.05. The van der Waals surface area contributed by atoms with E-state index in [1.807, 2.05) is 0 Å². The zero-order valence-electron chi connectivity index (χ0n) is 13.7. The predicted octanol–water partition coefficient (Wildman–Crippen LogP) is 3.37. The Labute approximate surface area is 128 Å². The molecule has 2 saturated carbocycles. The van der Waals surface area contributed by atoms with E-state index in [0.717, 1.165) is 55.3 Å². The molecule has 0 aliphatic heterocycles. The van der Waals surface area contributed by atoms with Crippen LogP contribution in [0.25, 0.3) is 0 Å². The van der Waals surface area contributed by atoms with Crippen LogP contribution in [0.3, 0.4) is 0 Å². The fraction of sp³-hybridized carbons (Fsp3) is 0.882. The van der Waals surface area contributed by atoms with Gasteiger partial charge in [-0.05, 0) is 70.8 Å². The lowest BCUT2D eigenvalue weighted by Crippen LogP contribution is -2.36. The summed E-state index contributed by atoms with van der Waals surface area (Å²) in [4.78, 5) is 0. The van der Waals surface area contributed by atoms with Crippen molar-refractivity contribution in [1.29, 1.82) is 0 Å². The van der Waals surface area contributed by atoms with Gasteiger partial charge in [-0.1, -0.05) is 6.42 Å². The van der Waals surface area contributed by atoms with Gasteiger partial charge in [0.2, 0.25) is 11.8 Å². The fourth-order valence-corrected chi connectivity index (χ4v) is 4.03. The van der Waals surface area contributed by atoms with Gasteiger partial charge >= 0.3 is 0 Å². The van der Waals surface area contributed by atoms with Gasteiger partial charge in [-0.3, -0.25) is 0 Å². The van der Waals surface area contributed by atoms with Crippen molar-refractivity contribution in [2.75, 3.05) is 6.54 Å². The molecule has 1 aromatic rings. The molecule has 2 bridgehead atoms. The van der Waals surface area contributed by atoms with Crippen LogP contribution in [0.5, 0.6) is 0 Å². The van der Waals surface area contributed by atoms with Crippen molar-refractivity contribution in [3.8, 4) is 0 Å². The molecule has 4 nitrogen and oxygen atoms in total. The summed E-state index contributed by atoms with van der Waals surface area (Å²) >= 11 is 0. The van der Waals surface area contributed by atoms with E-state index in [1.165, 1.54) is 25.7 Å². The molecule has 1 heterocycles. The largest absolute Gasteiger partial charge is 0.425 e. The van der Waals surface area contributed by atoms with Crippen LogP contribution in [-0.4, -0.2) is 22.3 Å². The average Bonchev–Trinajstić information content (AvgIpc) is 3.10. The van der Waals surface area contributed by atoms with Crippen molar-refractivity contribution in [3.63, 3.8) is 0 Å². The Bertz CT molecular complexity index is 463. The zero-order valence-corrected chi connectivity index (χ0v) is 13.7. The molecule has 118 valence electrons. The molecule has 0 amide bonds. The van der Waals surface area contributed by atoms with E-state index in [0.29, 0.717) is 0 Å². The van der Waals surface area contributed by atoms with Gasteiger partial charge in [0.25, 0.3) is 0 Å². The van der Waals surface area contributed by atoms with Crippen LogP contribution in [0.1, 0.15) is 64.7 Å². The summed E-state index contributed by atoms with van der Waals surface area (Å²) in [6, 6.07) is 0. The normalized spacial score (nSPS) is 28.4. The molecule has 1 aromatic heterocycles. The van der Waals surface area contributed by atoms with Gasteiger partial charge in [-0.15, -0.1) is 10.2 Å². The first-order valence-electron chi connectivity index (χ1n) is 8.56. The summed E-state index contributed by atoms with van der Waals surface area (Å²) in [6.45, 7) is 7.56. The lowest BCUT2D eigenvalue weighted by Gasteiger charge is -2.20. The van der Waals surface area contributed by atoms with E-state index >= 15 is 0 Å². The van der Waals surface area contributed by atoms with Crippen molar-refractivity contribution in [1.82, 2.24) is 15.5 Å². The molecule has 0 aromatic carbocycles. The highest BCUT2D eigenvalue weighted by atomic mass is 16.4. The number of nitrogens with one attached hydrogen (secondary N) is 1. The minimum Gasteiger partial charge on any atom is -0.425 e. The van der Waals surface area contributed by atoms with Crippen molar-refractivity contribution < 1.29 is 4.42 Å². The molecule has 2 aliphatic carbocycles. The highest BCUT2D eigenvalue weighted by molar-refractivity contribution is 4.94. The van der Waals surface area contributed by atoms with E-state index in [2.05, 4.69) is 36.3 Å². The number of aromatic nitrogens is 2. The van der Waals surface area contributed by atoms with Gasteiger partial charge in [0.1, 0.15) is 0 Å². The lowest BCUT2D eigenvalue weighted by molar-refractivity contribution is 0.303. The molecular formula is C17H29N3O. The van der Waals surface area contributed by atoms with Gasteiger partial charge in [-0.25, -0.2) is 0 Å². The Hall–Kier alpha value is -0.900. The van der Waals surface area contributed by atoms with Crippen molar-refractivity contribution in [3.05, 3.63) is 11.8 Å². The topological polar surface area (TPSA) is 51.0 Å². The first-order chi connectivity index (χ1) is 9.99. The number of rotatable bonds is 6. The van der Waals surface area contributed by atoms with Crippen LogP contribution >= 0.6 is 0 Å². The smallest absolute Gasteiger partial charge is 0.216 e. The summed E-state index contributed by atoms with van der Waals surface area (Å²) in [7, 11) is 0. The van der Waals surface area contributed by atoms with E-state index in [-0.39, 0.29) is 5.54 Å². The fourth-order valence-electron chi connectivity index (χ4n) is 4.03. The summed E-state index contributed by atoms with van der Waals surface area (Å²) in [5.41, 5.74) is 0.182. The molecule has 4 heteroatoms. The maximum Gasteiger partial charge on any atom is 0.216 e. The average molecular weight is 291 g/mol. The highest BCUT2D eigenvalue weighted by Gasteiger charge is 2.39. The Balaban J connectivity index is 1.41. The third-order valence-corrected chi connectivity index (χ3v) is 5.05. The molecule has 0 saturated heterocycles. The Morgan fingerprint density at radius 3 is 2.62 bits per heavy atom. The zero-order chi connectivity index (χ0) is 14.9. The number of hydrogen-bond acceptors (Lipinski definition) is 4. The van der Waals surface area contributed by atoms with Crippen LogP contribution in [0, 0.1) is 17.8 Å². The first kappa shape index (κ1) is 15.0. The molecule has 1 N–H and O–H groups in total. The predicted molar refractivity (Wildman–Crippen MR) is 83.0 cm³/mol. The van der Waals surface area contributed by atoms with Gasteiger partial charge in [0.05, 0.1) is 0 Å². The number of aryl methyl sites for hydroxylation is 1. The second-order valence-electron chi connectivity index (χ2n) is 8.01. The summed E-state index contributed by atoms with van der Waals surface area (Å²) in [5, 5.41) is 11.9. The lowest BCUT2D eigenvalue weighted by atomic mass is 9.86. The first-order valence-corrected chi connectivity index (χ1v) is 8.56. The molecule has 3 rings (SSSR count). The summed E-state index contributed by atoms with van der Waals surface area (Å²) in [6.07, 6.45) is 8.65. The monoisotopic (exact) mass is 291 g/mol. The number of nitrogens with zero attached hydrogens (tertiary/aromatic N) is 2. The van der Waals surface area contributed by atoms with E-state index in [4.69, 9.17) is 4.42 Å². The Morgan fingerprint density at radius 2 is 1.95 bits per heavy atom. The second kappa shape index (κ2) is 6.07. The maximum atomic E-state index is 5.84. The Kier molecular flexibility index (Phi) is 4.34. The molecule has 2 aliphatic rings. The molecule has 2 fully saturated rings. The van der Waals surface area contributed by atoms with E-state index in [1.54, 1.807) is 0 Å². The third kappa shape index (κ3) is 4.06. The van der Waals surface area contributed by atoms with E-state index in [9.17, 15) is 0 Å². The minimum absolute atomic E-state index is 0.182. The van der Waals surface area contributed by atoms with Gasteiger partial charge in [0, 0.05) is 18.4 Å². The molecular weight excluding hydrogens is 262 g/mol. The van der Waals surface area contributed by atoms with Crippen molar-refractivity contribution >= 4 is 0 Å². The SMILES string of the molecule is CC(C)(C)NCCCc1nnc(CC2CC3CCC2C3)o1. The van der Waals surface area contributed by atoms with E-state index < -0.39 is 0 Å². The van der Waals surface area contributed by atoms with Gasteiger partial charge in [-0.2, -0.15) is 0 Å². The van der Waals surface area contributed by atoms with Crippen LogP contribution in [-0.2, 0) is 12.8 Å². The number of fused-ring (bicyclic) bond motifs is 2.